The first-order valence-electron chi connectivity index (χ1n) is 6.16. The summed E-state index contributed by atoms with van der Waals surface area (Å²) in [6, 6.07) is 11.8. The third-order valence-corrected chi connectivity index (χ3v) is 2.84. The first-order valence-corrected chi connectivity index (χ1v) is 6.54. The van der Waals surface area contributed by atoms with Crippen LogP contribution in [0.3, 0.4) is 0 Å². The molecule has 1 unspecified atom stereocenters. The predicted molar refractivity (Wildman–Crippen MR) is 80.4 cm³/mol. The van der Waals surface area contributed by atoms with Crippen molar-refractivity contribution in [1.29, 1.82) is 0 Å². The number of aromatic nitrogens is 2. The summed E-state index contributed by atoms with van der Waals surface area (Å²) in [6.45, 7) is 5.80. The minimum absolute atomic E-state index is 0.257. The molecule has 19 heavy (non-hydrogen) atoms. The molecule has 1 atom stereocenters. The highest BCUT2D eigenvalue weighted by Crippen LogP contribution is 2.20. The average molecular weight is 274 g/mol. The van der Waals surface area contributed by atoms with E-state index in [9.17, 15) is 0 Å². The number of hydrogen-bond acceptors (Lipinski definition) is 3. The topological polar surface area (TPSA) is 37.8 Å². The molecule has 0 saturated heterocycles. The van der Waals surface area contributed by atoms with Gasteiger partial charge in [-0.2, -0.15) is 0 Å². The molecule has 2 aromatic rings. The lowest BCUT2D eigenvalue weighted by molar-refractivity contribution is 0.806. The van der Waals surface area contributed by atoms with E-state index in [1.807, 2.05) is 36.4 Å². The molecule has 0 spiro atoms. The zero-order valence-corrected chi connectivity index (χ0v) is 11.6. The number of nitrogens with one attached hydrogen (secondary N) is 1. The third kappa shape index (κ3) is 3.80. The largest absolute Gasteiger partial charge is 0.367 e. The van der Waals surface area contributed by atoms with Crippen LogP contribution in [0.4, 0.5) is 5.82 Å². The fourth-order valence-corrected chi connectivity index (χ4v) is 1.95. The highest BCUT2D eigenvalue weighted by atomic mass is 35.5. The van der Waals surface area contributed by atoms with Crippen LogP contribution in [0, 0.1) is 0 Å². The summed E-state index contributed by atoms with van der Waals surface area (Å²) < 4.78 is 0. The Morgan fingerprint density at radius 3 is 2.74 bits per heavy atom. The molecule has 0 fully saturated rings. The number of hydrogen-bond donors (Lipinski definition) is 1. The Labute approximate surface area is 118 Å². The lowest BCUT2D eigenvalue weighted by Gasteiger charge is -2.13. The van der Waals surface area contributed by atoms with E-state index < -0.39 is 0 Å². The zero-order chi connectivity index (χ0) is 13.7. The van der Waals surface area contributed by atoms with Gasteiger partial charge in [0.2, 0.25) is 0 Å². The first kappa shape index (κ1) is 13.6. The summed E-state index contributed by atoms with van der Waals surface area (Å²) in [6.07, 6.45) is 2.74. The molecule has 0 amide bonds. The lowest BCUT2D eigenvalue weighted by atomic mass is 10.2. The first-order chi connectivity index (χ1) is 9.19. The molecule has 1 aromatic carbocycles. The fraction of sp³-hybridized carbons (Fsp3) is 0.200. The Morgan fingerprint density at radius 1 is 1.32 bits per heavy atom. The highest BCUT2D eigenvalue weighted by molar-refractivity contribution is 6.29. The quantitative estimate of drug-likeness (QED) is 0.656. The normalized spacial score (nSPS) is 11.9. The molecule has 0 aliphatic rings. The lowest BCUT2D eigenvalue weighted by Crippen LogP contribution is -2.15. The van der Waals surface area contributed by atoms with E-state index in [2.05, 4.69) is 28.8 Å². The van der Waals surface area contributed by atoms with Gasteiger partial charge in [-0.15, -0.1) is 6.58 Å². The molecule has 0 bridgehead atoms. The maximum Gasteiger partial charge on any atom is 0.163 e. The van der Waals surface area contributed by atoms with Gasteiger partial charge in [0.15, 0.2) is 5.82 Å². The Balaban J connectivity index is 2.27. The number of benzene rings is 1. The SMILES string of the molecule is C=CCC(C)Nc1cc(Cl)nc(-c2ccccc2)n1. The van der Waals surface area contributed by atoms with Crippen LogP contribution in [-0.2, 0) is 0 Å². The van der Waals surface area contributed by atoms with Crippen LogP contribution >= 0.6 is 11.6 Å². The fourth-order valence-electron chi connectivity index (χ4n) is 1.77. The third-order valence-electron chi connectivity index (χ3n) is 2.64. The van der Waals surface area contributed by atoms with Gasteiger partial charge in [-0.1, -0.05) is 48.0 Å². The van der Waals surface area contributed by atoms with E-state index in [1.54, 1.807) is 6.07 Å². The minimum Gasteiger partial charge on any atom is -0.367 e. The van der Waals surface area contributed by atoms with E-state index in [0.717, 1.165) is 17.8 Å². The van der Waals surface area contributed by atoms with Crippen molar-refractivity contribution in [2.24, 2.45) is 0 Å². The van der Waals surface area contributed by atoms with Gasteiger partial charge in [0, 0.05) is 17.7 Å². The molecule has 1 heterocycles. The summed E-state index contributed by atoms with van der Waals surface area (Å²) in [5.41, 5.74) is 0.949. The second kappa shape index (κ2) is 6.34. The van der Waals surface area contributed by atoms with E-state index >= 15 is 0 Å². The van der Waals surface area contributed by atoms with Gasteiger partial charge >= 0.3 is 0 Å². The number of halogens is 1. The molecule has 0 aliphatic heterocycles. The second-order valence-corrected chi connectivity index (χ2v) is 4.72. The van der Waals surface area contributed by atoms with Crippen LogP contribution in [-0.4, -0.2) is 16.0 Å². The summed E-state index contributed by atoms with van der Waals surface area (Å²) in [4.78, 5) is 8.74. The van der Waals surface area contributed by atoms with Crippen LogP contribution in [0.25, 0.3) is 11.4 Å². The van der Waals surface area contributed by atoms with Crippen LogP contribution in [0.2, 0.25) is 5.15 Å². The number of rotatable bonds is 5. The number of nitrogens with zero attached hydrogens (tertiary/aromatic N) is 2. The molecule has 0 radical (unpaired) electrons. The monoisotopic (exact) mass is 273 g/mol. The molecule has 4 heteroatoms. The van der Waals surface area contributed by atoms with Crippen molar-refractivity contribution < 1.29 is 0 Å². The maximum absolute atomic E-state index is 6.05. The molecule has 3 nitrogen and oxygen atoms in total. The number of anilines is 1. The van der Waals surface area contributed by atoms with Crippen molar-refractivity contribution in [3.05, 3.63) is 54.2 Å². The summed E-state index contributed by atoms with van der Waals surface area (Å²) in [7, 11) is 0. The Hall–Kier alpha value is -1.87. The Morgan fingerprint density at radius 2 is 2.05 bits per heavy atom. The second-order valence-electron chi connectivity index (χ2n) is 4.34. The average Bonchev–Trinajstić information content (AvgIpc) is 2.39. The molecule has 2 rings (SSSR count). The van der Waals surface area contributed by atoms with Gasteiger partial charge in [0.1, 0.15) is 11.0 Å². The van der Waals surface area contributed by atoms with Crippen LogP contribution in [0.5, 0.6) is 0 Å². The van der Waals surface area contributed by atoms with Crippen molar-refractivity contribution in [3.8, 4) is 11.4 Å². The molecule has 98 valence electrons. The van der Waals surface area contributed by atoms with Crippen molar-refractivity contribution in [2.75, 3.05) is 5.32 Å². The summed E-state index contributed by atoms with van der Waals surface area (Å²) in [5, 5.41) is 3.72. The predicted octanol–water partition coefficient (Wildman–Crippen LogP) is 4.17. The van der Waals surface area contributed by atoms with Crippen LogP contribution in [0.1, 0.15) is 13.3 Å². The van der Waals surface area contributed by atoms with E-state index in [1.165, 1.54) is 0 Å². The van der Waals surface area contributed by atoms with Crippen molar-refractivity contribution in [2.45, 2.75) is 19.4 Å². The van der Waals surface area contributed by atoms with Gasteiger partial charge in [0.25, 0.3) is 0 Å². The zero-order valence-electron chi connectivity index (χ0n) is 10.8. The molecule has 0 saturated carbocycles. The molecular weight excluding hydrogens is 258 g/mol. The van der Waals surface area contributed by atoms with Crippen LogP contribution in [0.15, 0.2) is 49.1 Å². The molecule has 0 aliphatic carbocycles. The Bertz CT molecular complexity index is 555. The maximum atomic E-state index is 6.05. The van der Waals surface area contributed by atoms with Gasteiger partial charge in [-0.25, -0.2) is 9.97 Å². The van der Waals surface area contributed by atoms with E-state index in [4.69, 9.17) is 11.6 Å². The van der Waals surface area contributed by atoms with Crippen molar-refractivity contribution in [1.82, 2.24) is 9.97 Å². The summed E-state index contributed by atoms with van der Waals surface area (Å²) >= 11 is 6.05. The van der Waals surface area contributed by atoms with Gasteiger partial charge in [-0.3, -0.25) is 0 Å². The van der Waals surface area contributed by atoms with Crippen LogP contribution < -0.4 is 5.32 Å². The molecule has 1 N–H and O–H groups in total. The Kier molecular flexibility index (Phi) is 4.53. The highest BCUT2D eigenvalue weighted by Gasteiger charge is 2.07. The van der Waals surface area contributed by atoms with E-state index in [0.29, 0.717) is 11.0 Å². The molecule has 1 aromatic heterocycles. The minimum atomic E-state index is 0.257. The van der Waals surface area contributed by atoms with Gasteiger partial charge < -0.3 is 5.32 Å². The van der Waals surface area contributed by atoms with Gasteiger partial charge in [-0.05, 0) is 13.3 Å². The van der Waals surface area contributed by atoms with Crippen molar-refractivity contribution in [3.63, 3.8) is 0 Å². The van der Waals surface area contributed by atoms with Gasteiger partial charge in [0.05, 0.1) is 0 Å². The summed E-state index contributed by atoms with van der Waals surface area (Å²) in [5.74, 6) is 1.36. The standard InChI is InChI=1S/C15H16ClN3/c1-3-7-11(2)17-14-10-13(16)18-15(19-14)12-8-5-4-6-9-12/h3-6,8-11H,1,7H2,2H3,(H,17,18,19). The van der Waals surface area contributed by atoms with E-state index in [-0.39, 0.29) is 6.04 Å². The molecular formula is C15H16ClN3. The smallest absolute Gasteiger partial charge is 0.163 e. The van der Waals surface area contributed by atoms with Crippen molar-refractivity contribution >= 4 is 17.4 Å².